The van der Waals surface area contributed by atoms with Gasteiger partial charge in [0.05, 0.1) is 26.1 Å². The second kappa shape index (κ2) is 7.06. The van der Waals surface area contributed by atoms with Crippen molar-refractivity contribution < 1.29 is 9.47 Å². The molecule has 1 N–H and O–H groups in total. The summed E-state index contributed by atoms with van der Waals surface area (Å²) in [6.45, 7) is 2.27. The quantitative estimate of drug-likeness (QED) is 0.744. The third kappa shape index (κ3) is 3.41. The van der Waals surface area contributed by atoms with Gasteiger partial charge in [0.2, 0.25) is 0 Å². The van der Waals surface area contributed by atoms with Gasteiger partial charge in [-0.25, -0.2) is 15.0 Å². The Morgan fingerprint density at radius 2 is 2.28 bits per heavy atom. The number of hydrogen-bond donors (Lipinski definition) is 1. The number of hydrogen-bond acceptors (Lipinski definition) is 6. The highest BCUT2D eigenvalue weighted by molar-refractivity contribution is 5.82. The van der Waals surface area contributed by atoms with Crippen molar-refractivity contribution in [2.24, 2.45) is 0 Å². The largest absolute Gasteiger partial charge is 0.497 e. The molecule has 1 aliphatic heterocycles. The number of methoxy groups -OCH3 is 1. The molecule has 130 valence electrons. The molecule has 0 spiro atoms. The van der Waals surface area contributed by atoms with Crippen LogP contribution in [0, 0.1) is 0 Å². The number of fused-ring (bicyclic) bond motifs is 1. The van der Waals surface area contributed by atoms with E-state index in [1.54, 1.807) is 13.4 Å². The predicted octanol–water partition coefficient (Wildman–Crippen LogP) is 2.63. The molecule has 4 rings (SSSR count). The molecular weight excluding hydrogens is 318 g/mol. The Bertz CT molecular complexity index is 858. The molecule has 0 amide bonds. The van der Waals surface area contributed by atoms with E-state index in [0.29, 0.717) is 6.54 Å². The third-order valence-electron chi connectivity index (χ3n) is 4.42. The molecule has 7 heteroatoms. The third-order valence-corrected chi connectivity index (χ3v) is 4.42. The number of nitrogens with one attached hydrogen (secondary N) is 1. The average Bonchev–Trinajstić information content (AvgIpc) is 3.31. The van der Waals surface area contributed by atoms with Crippen LogP contribution in [0.25, 0.3) is 11.2 Å². The molecule has 0 saturated carbocycles. The van der Waals surface area contributed by atoms with E-state index in [4.69, 9.17) is 9.47 Å². The van der Waals surface area contributed by atoms with Crippen molar-refractivity contribution in [1.29, 1.82) is 0 Å². The number of benzene rings is 1. The van der Waals surface area contributed by atoms with Crippen LogP contribution in [0.1, 0.15) is 18.4 Å². The highest BCUT2D eigenvalue weighted by atomic mass is 16.5. The number of rotatable bonds is 6. The van der Waals surface area contributed by atoms with Gasteiger partial charge in [-0.2, -0.15) is 0 Å². The Morgan fingerprint density at radius 3 is 3.12 bits per heavy atom. The fourth-order valence-electron chi connectivity index (χ4n) is 3.12. The van der Waals surface area contributed by atoms with Crippen LogP contribution in [0.15, 0.2) is 36.9 Å². The summed E-state index contributed by atoms with van der Waals surface area (Å²) in [5.41, 5.74) is 2.73. The van der Waals surface area contributed by atoms with E-state index in [1.165, 1.54) is 0 Å². The Hall–Kier alpha value is -2.67. The smallest absolute Gasteiger partial charge is 0.165 e. The van der Waals surface area contributed by atoms with Gasteiger partial charge >= 0.3 is 0 Å². The zero-order chi connectivity index (χ0) is 17.1. The van der Waals surface area contributed by atoms with Crippen molar-refractivity contribution in [3.63, 3.8) is 0 Å². The lowest BCUT2D eigenvalue weighted by molar-refractivity contribution is 0.0978. The monoisotopic (exact) mass is 339 g/mol. The van der Waals surface area contributed by atoms with Gasteiger partial charge in [-0.1, -0.05) is 12.1 Å². The van der Waals surface area contributed by atoms with Gasteiger partial charge in [0, 0.05) is 13.2 Å². The second-order valence-electron chi connectivity index (χ2n) is 6.13. The van der Waals surface area contributed by atoms with Gasteiger partial charge in [-0.3, -0.25) is 0 Å². The molecule has 1 atom stereocenters. The fraction of sp³-hybridized carbons (Fsp3) is 0.389. The Morgan fingerprint density at radius 1 is 1.32 bits per heavy atom. The predicted molar refractivity (Wildman–Crippen MR) is 94.6 cm³/mol. The fourth-order valence-corrected chi connectivity index (χ4v) is 3.12. The number of anilines is 1. The van der Waals surface area contributed by atoms with Gasteiger partial charge in [0.15, 0.2) is 11.5 Å². The van der Waals surface area contributed by atoms with Crippen molar-refractivity contribution >= 4 is 17.0 Å². The van der Waals surface area contributed by atoms with Gasteiger partial charge in [-0.05, 0) is 30.5 Å². The molecule has 25 heavy (non-hydrogen) atoms. The topological polar surface area (TPSA) is 74.1 Å². The summed E-state index contributed by atoms with van der Waals surface area (Å²) in [6, 6.07) is 7.95. The summed E-state index contributed by atoms with van der Waals surface area (Å²) >= 11 is 0. The molecule has 0 radical (unpaired) electrons. The lowest BCUT2D eigenvalue weighted by Gasteiger charge is -2.11. The van der Waals surface area contributed by atoms with E-state index < -0.39 is 0 Å². The van der Waals surface area contributed by atoms with Crippen LogP contribution in [0.3, 0.4) is 0 Å². The van der Waals surface area contributed by atoms with E-state index in [0.717, 1.165) is 54.3 Å². The molecule has 1 saturated heterocycles. The minimum Gasteiger partial charge on any atom is -0.497 e. The van der Waals surface area contributed by atoms with Gasteiger partial charge in [-0.15, -0.1) is 0 Å². The van der Waals surface area contributed by atoms with Crippen molar-refractivity contribution in [2.75, 3.05) is 19.0 Å². The number of imidazole rings is 1. The van der Waals surface area contributed by atoms with Crippen LogP contribution in [0.2, 0.25) is 0 Å². The van der Waals surface area contributed by atoms with E-state index in [2.05, 4.69) is 20.3 Å². The first-order valence-corrected chi connectivity index (χ1v) is 8.48. The maximum absolute atomic E-state index is 5.71. The second-order valence-corrected chi connectivity index (χ2v) is 6.13. The summed E-state index contributed by atoms with van der Waals surface area (Å²) < 4.78 is 13.0. The van der Waals surface area contributed by atoms with E-state index >= 15 is 0 Å². The van der Waals surface area contributed by atoms with Crippen molar-refractivity contribution in [1.82, 2.24) is 19.5 Å². The molecule has 0 aliphatic carbocycles. The number of ether oxygens (including phenoxy) is 2. The molecule has 0 bridgehead atoms. The molecule has 3 heterocycles. The Labute approximate surface area is 146 Å². The van der Waals surface area contributed by atoms with Crippen molar-refractivity contribution in [3.8, 4) is 5.75 Å². The lowest BCUT2D eigenvalue weighted by atomic mass is 10.2. The minimum absolute atomic E-state index is 0.251. The van der Waals surface area contributed by atoms with Crippen LogP contribution < -0.4 is 10.1 Å². The van der Waals surface area contributed by atoms with Gasteiger partial charge in [0.25, 0.3) is 0 Å². The van der Waals surface area contributed by atoms with Crippen LogP contribution >= 0.6 is 0 Å². The summed E-state index contributed by atoms with van der Waals surface area (Å²) in [5.74, 6) is 1.58. The maximum atomic E-state index is 5.71. The molecule has 2 aromatic heterocycles. The highest BCUT2D eigenvalue weighted by Gasteiger charge is 2.18. The number of aromatic nitrogens is 4. The summed E-state index contributed by atoms with van der Waals surface area (Å²) in [6.07, 6.45) is 5.85. The molecule has 1 fully saturated rings. The zero-order valence-electron chi connectivity index (χ0n) is 14.2. The van der Waals surface area contributed by atoms with Crippen molar-refractivity contribution in [3.05, 3.63) is 42.5 Å². The SMILES string of the molecule is COc1cccc(CNc2ncnc3c2ncn3CC2CCCO2)c1. The summed E-state index contributed by atoms with van der Waals surface area (Å²) in [5, 5.41) is 3.35. The van der Waals surface area contributed by atoms with E-state index in [-0.39, 0.29) is 6.10 Å². The van der Waals surface area contributed by atoms with Crippen molar-refractivity contribution in [2.45, 2.75) is 32.0 Å². The highest BCUT2D eigenvalue weighted by Crippen LogP contribution is 2.21. The van der Waals surface area contributed by atoms with Crippen LogP contribution in [-0.4, -0.2) is 39.3 Å². The molecular formula is C18H21N5O2. The van der Waals surface area contributed by atoms with Gasteiger partial charge in [0.1, 0.15) is 17.6 Å². The van der Waals surface area contributed by atoms with Crippen LogP contribution in [0.5, 0.6) is 5.75 Å². The van der Waals surface area contributed by atoms with E-state index in [9.17, 15) is 0 Å². The number of nitrogens with zero attached hydrogens (tertiary/aromatic N) is 4. The Balaban J connectivity index is 1.52. The van der Waals surface area contributed by atoms with E-state index in [1.807, 2.05) is 35.2 Å². The molecule has 1 aliphatic rings. The Kier molecular flexibility index (Phi) is 4.47. The lowest BCUT2D eigenvalue weighted by Crippen LogP contribution is -2.14. The average molecular weight is 339 g/mol. The summed E-state index contributed by atoms with van der Waals surface area (Å²) in [7, 11) is 1.67. The molecule has 1 unspecified atom stereocenters. The first kappa shape index (κ1) is 15.8. The molecule has 3 aromatic rings. The first-order valence-electron chi connectivity index (χ1n) is 8.48. The zero-order valence-corrected chi connectivity index (χ0v) is 14.2. The van der Waals surface area contributed by atoms with Gasteiger partial charge < -0.3 is 19.4 Å². The summed E-state index contributed by atoms with van der Waals surface area (Å²) in [4.78, 5) is 13.3. The normalized spacial score (nSPS) is 17.1. The standard InChI is InChI=1S/C18H21N5O2/c1-24-14-5-2-4-13(8-14)9-19-17-16-18(21-11-20-17)23(12-22-16)10-15-6-3-7-25-15/h2,4-5,8,11-12,15H,3,6-7,9-10H2,1H3,(H,19,20,21). The maximum Gasteiger partial charge on any atom is 0.165 e. The molecule has 1 aromatic carbocycles. The first-order chi connectivity index (χ1) is 12.3. The molecule has 7 nitrogen and oxygen atoms in total. The minimum atomic E-state index is 0.251. The van der Waals surface area contributed by atoms with Crippen LogP contribution in [-0.2, 0) is 17.8 Å². The van der Waals surface area contributed by atoms with Crippen LogP contribution in [0.4, 0.5) is 5.82 Å².